The second-order valence-electron chi connectivity index (χ2n) is 15.2. The van der Waals surface area contributed by atoms with Gasteiger partial charge in [0.2, 0.25) is 0 Å². The molecule has 13 rings (SSSR count). The molecule has 0 saturated heterocycles. The number of benzene rings is 9. The number of hydrogen-bond donors (Lipinski definition) is 0. The van der Waals surface area contributed by atoms with Crippen LogP contribution in [0.5, 0.6) is 0 Å². The van der Waals surface area contributed by atoms with E-state index in [1.54, 1.807) is 0 Å². The summed E-state index contributed by atoms with van der Waals surface area (Å²) >= 11 is 0. The van der Waals surface area contributed by atoms with Gasteiger partial charge in [-0.25, -0.2) is 0 Å². The summed E-state index contributed by atoms with van der Waals surface area (Å²) in [6.07, 6.45) is 0. The minimum Gasteiger partial charge on any atom is -0.309 e. The number of aromatic nitrogens is 2. The molecule has 1 aliphatic carbocycles. The molecular formula is C53H32N2. The first-order valence-electron chi connectivity index (χ1n) is 19.2. The Morgan fingerprint density at radius 1 is 0.327 bits per heavy atom. The van der Waals surface area contributed by atoms with Crippen LogP contribution in [-0.4, -0.2) is 8.97 Å². The van der Waals surface area contributed by atoms with Crippen molar-refractivity contribution in [3.05, 3.63) is 216 Å². The van der Waals surface area contributed by atoms with E-state index in [0.29, 0.717) is 0 Å². The molecule has 0 radical (unpaired) electrons. The lowest BCUT2D eigenvalue weighted by atomic mass is 9.67. The van der Waals surface area contributed by atoms with Gasteiger partial charge in [-0.05, 0) is 75.2 Å². The zero-order valence-electron chi connectivity index (χ0n) is 29.9. The molecule has 254 valence electrons. The second-order valence-corrected chi connectivity index (χ2v) is 15.2. The summed E-state index contributed by atoms with van der Waals surface area (Å²) in [7, 11) is 0. The fourth-order valence-electron chi connectivity index (χ4n) is 10.5. The number of nitrogens with zero attached hydrogens (tertiary/aromatic N) is 2. The molecule has 0 aliphatic heterocycles. The highest BCUT2D eigenvalue weighted by molar-refractivity contribution is 6.27. The van der Waals surface area contributed by atoms with Crippen LogP contribution in [0.25, 0.3) is 87.5 Å². The highest BCUT2D eigenvalue weighted by Crippen LogP contribution is 2.56. The van der Waals surface area contributed by atoms with Gasteiger partial charge in [0.25, 0.3) is 0 Å². The Kier molecular flexibility index (Phi) is 5.59. The first-order valence-corrected chi connectivity index (χ1v) is 19.2. The van der Waals surface area contributed by atoms with E-state index in [-0.39, 0.29) is 0 Å². The summed E-state index contributed by atoms with van der Waals surface area (Å²) in [5.74, 6) is 0. The predicted molar refractivity (Wildman–Crippen MR) is 230 cm³/mol. The Morgan fingerprint density at radius 3 is 1.71 bits per heavy atom. The topological polar surface area (TPSA) is 9.34 Å². The lowest BCUT2D eigenvalue weighted by Crippen LogP contribution is -2.28. The van der Waals surface area contributed by atoms with Crippen molar-refractivity contribution in [2.45, 2.75) is 5.41 Å². The summed E-state index contributed by atoms with van der Waals surface area (Å²) in [5, 5.41) is 10.3. The molecule has 0 N–H and O–H groups in total. The van der Waals surface area contributed by atoms with E-state index in [1.165, 1.54) is 110 Å². The van der Waals surface area contributed by atoms with Gasteiger partial charge < -0.3 is 8.97 Å². The minimum absolute atomic E-state index is 0.471. The largest absolute Gasteiger partial charge is 0.309 e. The average molecular weight is 697 g/mol. The first kappa shape index (κ1) is 29.3. The SMILES string of the molecule is c1ccc(C2(c3ccccc3)c3ccccc3-c3ccc(-n4c5ccccc5c5ccc6cc7c(cc6c54)c4cccc5c6ccccc6n7c54)cc32)cc1. The van der Waals surface area contributed by atoms with Gasteiger partial charge in [-0.1, -0.05) is 158 Å². The zero-order chi connectivity index (χ0) is 35.8. The second kappa shape index (κ2) is 10.5. The summed E-state index contributed by atoms with van der Waals surface area (Å²) in [6.45, 7) is 0. The standard InChI is InChI=1S/C53H32N2/c1-3-14-34(15-4-1)53(35-16-5-2-6-17-35)46-23-10-7-18-37(46)38-29-27-36(31-47(38)53)54-48-24-11-8-20-40(48)43-28-26-33-30-50-45(32-44(33)52(43)54)42-22-13-21-41-39-19-9-12-25-49(39)55(50)51(41)42/h1-32H. The summed E-state index contributed by atoms with van der Waals surface area (Å²) < 4.78 is 5.02. The van der Waals surface area contributed by atoms with E-state index in [2.05, 4.69) is 203 Å². The van der Waals surface area contributed by atoms with Gasteiger partial charge in [0.05, 0.1) is 33.0 Å². The van der Waals surface area contributed by atoms with Gasteiger partial charge in [0.15, 0.2) is 0 Å². The number of hydrogen-bond acceptors (Lipinski definition) is 0. The van der Waals surface area contributed by atoms with Crippen LogP contribution in [-0.2, 0) is 5.41 Å². The first-order chi connectivity index (χ1) is 27.3. The molecule has 12 aromatic rings. The number of fused-ring (bicyclic) bond motifs is 14. The van der Waals surface area contributed by atoms with E-state index in [0.717, 1.165) is 0 Å². The predicted octanol–water partition coefficient (Wildman–Crippen LogP) is 13.5. The minimum atomic E-state index is -0.471. The third-order valence-electron chi connectivity index (χ3n) is 12.7. The maximum absolute atomic E-state index is 2.54. The molecule has 9 aromatic carbocycles. The van der Waals surface area contributed by atoms with Crippen LogP contribution in [0.4, 0.5) is 0 Å². The van der Waals surface area contributed by atoms with E-state index < -0.39 is 5.41 Å². The highest BCUT2D eigenvalue weighted by atomic mass is 15.0. The smallest absolute Gasteiger partial charge is 0.0714 e. The van der Waals surface area contributed by atoms with Crippen molar-refractivity contribution < 1.29 is 0 Å². The molecule has 3 aromatic heterocycles. The quantitative estimate of drug-likeness (QED) is 0.174. The molecule has 0 amide bonds. The van der Waals surface area contributed by atoms with Crippen LogP contribution in [0.15, 0.2) is 194 Å². The molecule has 0 bridgehead atoms. The van der Waals surface area contributed by atoms with Crippen LogP contribution in [0, 0.1) is 0 Å². The molecule has 3 heterocycles. The number of para-hydroxylation sites is 3. The van der Waals surface area contributed by atoms with Crippen molar-refractivity contribution in [3.8, 4) is 16.8 Å². The summed E-state index contributed by atoms with van der Waals surface area (Å²) in [5.41, 5.74) is 14.8. The molecule has 55 heavy (non-hydrogen) atoms. The Hall–Kier alpha value is -7.16. The molecule has 0 atom stereocenters. The van der Waals surface area contributed by atoms with Gasteiger partial charge in [0.1, 0.15) is 0 Å². The van der Waals surface area contributed by atoms with Crippen LogP contribution in [0.3, 0.4) is 0 Å². The Labute approximate surface area is 317 Å². The van der Waals surface area contributed by atoms with Crippen molar-refractivity contribution in [1.29, 1.82) is 0 Å². The third-order valence-corrected chi connectivity index (χ3v) is 12.7. The van der Waals surface area contributed by atoms with Crippen molar-refractivity contribution in [1.82, 2.24) is 8.97 Å². The van der Waals surface area contributed by atoms with Crippen LogP contribution < -0.4 is 0 Å². The number of rotatable bonds is 3. The monoisotopic (exact) mass is 696 g/mol. The fraction of sp³-hybridized carbons (Fsp3) is 0.0189. The van der Waals surface area contributed by atoms with Crippen molar-refractivity contribution >= 4 is 70.7 Å². The summed E-state index contributed by atoms with van der Waals surface area (Å²) in [6, 6.07) is 72.5. The third kappa shape index (κ3) is 3.60. The molecule has 0 fully saturated rings. The Morgan fingerprint density at radius 2 is 0.927 bits per heavy atom. The van der Waals surface area contributed by atoms with Crippen LogP contribution in [0.2, 0.25) is 0 Å². The maximum Gasteiger partial charge on any atom is 0.0714 e. The lowest BCUT2D eigenvalue weighted by Gasteiger charge is -2.34. The Balaban J connectivity index is 1.16. The van der Waals surface area contributed by atoms with Gasteiger partial charge in [-0.2, -0.15) is 0 Å². The van der Waals surface area contributed by atoms with E-state index in [9.17, 15) is 0 Å². The van der Waals surface area contributed by atoms with Gasteiger partial charge in [0, 0.05) is 43.4 Å². The van der Waals surface area contributed by atoms with E-state index in [4.69, 9.17) is 0 Å². The van der Waals surface area contributed by atoms with Crippen molar-refractivity contribution in [3.63, 3.8) is 0 Å². The summed E-state index contributed by atoms with van der Waals surface area (Å²) in [4.78, 5) is 0. The molecular weight excluding hydrogens is 665 g/mol. The van der Waals surface area contributed by atoms with Gasteiger partial charge in [-0.15, -0.1) is 0 Å². The van der Waals surface area contributed by atoms with Gasteiger partial charge >= 0.3 is 0 Å². The molecule has 0 spiro atoms. The van der Waals surface area contributed by atoms with Crippen LogP contribution >= 0.6 is 0 Å². The normalized spacial score (nSPS) is 13.6. The van der Waals surface area contributed by atoms with E-state index >= 15 is 0 Å². The molecule has 0 unspecified atom stereocenters. The molecule has 0 saturated carbocycles. The lowest BCUT2D eigenvalue weighted by molar-refractivity contribution is 0.767. The van der Waals surface area contributed by atoms with Crippen LogP contribution in [0.1, 0.15) is 22.3 Å². The molecule has 1 aliphatic rings. The van der Waals surface area contributed by atoms with E-state index in [1.807, 2.05) is 0 Å². The zero-order valence-corrected chi connectivity index (χ0v) is 29.9. The van der Waals surface area contributed by atoms with Crippen molar-refractivity contribution in [2.75, 3.05) is 0 Å². The molecule has 2 nitrogen and oxygen atoms in total. The fourth-order valence-corrected chi connectivity index (χ4v) is 10.5. The average Bonchev–Trinajstić information content (AvgIpc) is 3.97. The maximum atomic E-state index is 2.54. The molecule has 2 heteroatoms. The highest BCUT2D eigenvalue weighted by Gasteiger charge is 2.46. The van der Waals surface area contributed by atoms with Gasteiger partial charge in [-0.3, -0.25) is 0 Å². The van der Waals surface area contributed by atoms with Crippen molar-refractivity contribution in [2.24, 2.45) is 0 Å². The Bertz CT molecular complexity index is 3490.